The fourth-order valence-corrected chi connectivity index (χ4v) is 5.27. The molecule has 8 heteroatoms. The summed E-state index contributed by atoms with van der Waals surface area (Å²) in [6.45, 7) is 5.46. The molecule has 1 fully saturated rings. The summed E-state index contributed by atoms with van der Waals surface area (Å²) >= 11 is 0. The standard InChI is InChI=1S/C20H21N3O4S/c1-13-11-17(23-19(24)15-5-3-4-6-16(15)20(23)25)18(12-14(13)2)28(26,27)22-9-7-21-8-10-22/h3-6,11-12,21H,7-10H2,1-2H3. The van der Waals surface area contributed by atoms with Gasteiger partial charge in [0.1, 0.15) is 4.90 Å². The number of sulfonamides is 1. The highest BCUT2D eigenvalue weighted by molar-refractivity contribution is 7.89. The number of aryl methyl sites for hydroxylation is 2. The van der Waals surface area contributed by atoms with Crippen molar-refractivity contribution in [2.45, 2.75) is 18.7 Å². The third-order valence-corrected chi connectivity index (χ3v) is 7.23. The van der Waals surface area contributed by atoms with Crippen molar-refractivity contribution in [1.29, 1.82) is 0 Å². The Morgan fingerprint density at radius 2 is 1.43 bits per heavy atom. The van der Waals surface area contributed by atoms with Gasteiger partial charge in [-0.3, -0.25) is 9.59 Å². The molecule has 0 bridgehead atoms. The zero-order valence-corrected chi connectivity index (χ0v) is 16.5. The third-order valence-electron chi connectivity index (χ3n) is 5.30. The molecule has 1 N–H and O–H groups in total. The zero-order chi connectivity index (χ0) is 20.1. The summed E-state index contributed by atoms with van der Waals surface area (Å²) in [5, 5.41) is 3.13. The molecule has 146 valence electrons. The lowest BCUT2D eigenvalue weighted by Gasteiger charge is -2.29. The lowest BCUT2D eigenvalue weighted by Crippen LogP contribution is -2.46. The van der Waals surface area contributed by atoms with Crippen molar-refractivity contribution in [3.05, 3.63) is 58.7 Å². The van der Waals surface area contributed by atoms with E-state index < -0.39 is 21.8 Å². The van der Waals surface area contributed by atoms with Gasteiger partial charge in [0.25, 0.3) is 11.8 Å². The average Bonchev–Trinajstić information content (AvgIpc) is 2.95. The van der Waals surface area contributed by atoms with E-state index in [4.69, 9.17) is 0 Å². The molecule has 2 aromatic carbocycles. The van der Waals surface area contributed by atoms with Crippen LogP contribution in [0.4, 0.5) is 5.69 Å². The molecule has 0 aromatic heterocycles. The van der Waals surface area contributed by atoms with Crippen molar-refractivity contribution in [3.8, 4) is 0 Å². The molecule has 7 nitrogen and oxygen atoms in total. The highest BCUT2D eigenvalue weighted by Gasteiger charge is 2.40. The molecule has 2 aromatic rings. The number of anilines is 1. The molecule has 0 unspecified atom stereocenters. The molecule has 1 saturated heterocycles. The van der Waals surface area contributed by atoms with Gasteiger partial charge in [-0.2, -0.15) is 4.31 Å². The van der Waals surface area contributed by atoms with Gasteiger partial charge in [0, 0.05) is 26.2 Å². The molecule has 0 atom stereocenters. The lowest BCUT2D eigenvalue weighted by atomic mass is 10.1. The van der Waals surface area contributed by atoms with E-state index in [0.717, 1.165) is 16.0 Å². The summed E-state index contributed by atoms with van der Waals surface area (Å²) in [5.41, 5.74) is 2.29. The topological polar surface area (TPSA) is 86.8 Å². The Kier molecular flexibility index (Phi) is 4.57. The second-order valence-electron chi connectivity index (χ2n) is 7.05. The number of fused-ring (bicyclic) bond motifs is 1. The van der Waals surface area contributed by atoms with Crippen LogP contribution in [0.5, 0.6) is 0 Å². The van der Waals surface area contributed by atoms with Gasteiger partial charge < -0.3 is 5.32 Å². The zero-order valence-electron chi connectivity index (χ0n) is 15.7. The molecule has 4 rings (SSSR count). The van der Waals surface area contributed by atoms with Crippen molar-refractivity contribution < 1.29 is 18.0 Å². The predicted molar refractivity (Wildman–Crippen MR) is 105 cm³/mol. The van der Waals surface area contributed by atoms with Crippen molar-refractivity contribution in [1.82, 2.24) is 9.62 Å². The number of benzene rings is 2. The van der Waals surface area contributed by atoms with Crippen molar-refractivity contribution in [2.24, 2.45) is 0 Å². The molecular weight excluding hydrogens is 378 g/mol. The Morgan fingerprint density at radius 3 is 2.00 bits per heavy atom. The van der Waals surface area contributed by atoms with Crippen molar-refractivity contribution >= 4 is 27.5 Å². The Morgan fingerprint density at radius 1 is 0.893 bits per heavy atom. The molecule has 0 saturated carbocycles. The number of carbonyl (C=O) groups excluding carboxylic acids is 2. The minimum atomic E-state index is -3.86. The van der Waals surface area contributed by atoms with Crippen LogP contribution in [0.25, 0.3) is 0 Å². The number of hydrogen-bond acceptors (Lipinski definition) is 5. The van der Waals surface area contributed by atoms with E-state index in [1.165, 1.54) is 4.31 Å². The first-order chi connectivity index (χ1) is 13.3. The Hall–Kier alpha value is -2.55. The van der Waals surface area contributed by atoms with Crippen LogP contribution in [0.3, 0.4) is 0 Å². The van der Waals surface area contributed by atoms with Crippen LogP contribution in [0, 0.1) is 13.8 Å². The van der Waals surface area contributed by atoms with Gasteiger partial charge in [-0.25, -0.2) is 13.3 Å². The van der Waals surface area contributed by atoms with Crippen molar-refractivity contribution in [2.75, 3.05) is 31.1 Å². The number of carbonyl (C=O) groups is 2. The number of rotatable bonds is 3. The maximum Gasteiger partial charge on any atom is 0.266 e. The van der Waals surface area contributed by atoms with Gasteiger partial charge in [0.2, 0.25) is 10.0 Å². The summed E-state index contributed by atoms with van der Waals surface area (Å²) < 4.78 is 28.1. The van der Waals surface area contributed by atoms with Crippen LogP contribution >= 0.6 is 0 Å². The number of piperazine rings is 1. The summed E-state index contributed by atoms with van der Waals surface area (Å²) in [5.74, 6) is -0.999. The maximum atomic E-state index is 13.4. The lowest BCUT2D eigenvalue weighted by molar-refractivity contribution is 0.0925. The quantitative estimate of drug-likeness (QED) is 0.794. The second kappa shape index (κ2) is 6.80. The minimum Gasteiger partial charge on any atom is -0.314 e. The summed E-state index contributed by atoms with van der Waals surface area (Å²) in [6.07, 6.45) is 0. The molecule has 0 aliphatic carbocycles. The van der Waals surface area contributed by atoms with Crippen LogP contribution in [0.1, 0.15) is 31.8 Å². The van der Waals surface area contributed by atoms with E-state index >= 15 is 0 Å². The normalized spacial score (nSPS) is 17.9. The highest BCUT2D eigenvalue weighted by atomic mass is 32.2. The largest absolute Gasteiger partial charge is 0.314 e. The molecule has 2 aliphatic rings. The van der Waals surface area contributed by atoms with Crippen molar-refractivity contribution in [3.63, 3.8) is 0 Å². The van der Waals surface area contributed by atoms with Gasteiger partial charge in [-0.1, -0.05) is 12.1 Å². The fourth-order valence-electron chi connectivity index (χ4n) is 3.59. The monoisotopic (exact) mass is 399 g/mol. The van der Waals surface area contributed by atoms with E-state index in [0.29, 0.717) is 26.2 Å². The van der Waals surface area contributed by atoms with Crippen LogP contribution in [-0.2, 0) is 10.0 Å². The van der Waals surface area contributed by atoms with Crippen LogP contribution in [0.2, 0.25) is 0 Å². The van der Waals surface area contributed by atoms with Gasteiger partial charge in [-0.05, 0) is 49.2 Å². The Labute approximate surface area is 164 Å². The van der Waals surface area contributed by atoms with Gasteiger partial charge in [0.15, 0.2) is 0 Å². The fraction of sp³-hybridized carbons (Fsp3) is 0.300. The number of nitrogens with one attached hydrogen (secondary N) is 1. The average molecular weight is 399 g/mol. The third kappa shape index (κ3) is 2.85. The van der Waals surface area contributed by atoms with E-state index in [1.807, 2.05) is 13.8 Å². The molecule has 0 radical (unpaired) electrons. The first-order valence-corrected chi connectivity index (χ1v) is 10.6. The van der Waals surface area contributed by atoms with Gasteiger partial charge in [0.05, 0.1) is 16.8 Å². The van der Waals surface area contributed by atoms with Gasteiger partial charge in [-0.15, -0.1) is 0 Å². The van der Waals surface area contributed by atoms with Crippen LogP contribution in [0.15, 0.2) is 41.3 Å². The molecule has 0 spiro atoms. The highest BCUT2D eigenvalue weighted by Crippen LogP contribution is 2.36. The predicted octanol–water partition coefficient (Wildman–Crippen LogP) is 1.70. The van der Waals surface area contributed by atoms with Crippen LogP contribution < -0.4 is 10.2 Å². The van der Waals surface area contributed by atoms with Gasteiger partial charge >= 0.3 is 0 Å². The number of hydrogen-bond donors (Lipinski definition) is 1. The maximum absolute atomic E-state index is 13.4. The molecule has 2 aliphatic heterocycles. The SMILES string of the molecule is Cc1cc(N2C(=O)c3ccccc3C2=O)c(S(=O)(=O)N2CCNCC2)cc1C. The second-order valence-corrected chi connectivity index (χ2v) is 8.96. The van der Waals surface area contributed by atoms with E-state index in [2.05, 4.69) is 5.32 Å². The molecule has 2 heterocycles. The number of imide groups is 1. The number of nitrogens with zero attached hydrogens (tertiary/aromatic N) is 2. The smallest absolute Gasteiger partial charge is 0.266 e. The number of amides is 2. The molecular formula is C20H21N3O4S. The molecule has 2 amide bonds. The Balaban J connectivity index is 1.88. The van der Waals surface area contributed by atoms with Crippen LogP contribution in [-0.4, -0.2) is 50.7 Å². The van der Waals surface area contributed by atoms with E-state index in [1.54, 1.807) is 36.4 Å². The summed E-state index contributed by atoms with van der Waals surface area (Å²) in [4.78, 5) is 26.9. The minimum absolute atomic E-state index is 0.00740. The summed E-state index contributed by atoms with van der Waals surface area (Å²) in [7, 11) is -3.86. The van der Waals surface area contributed by atoms with E-state index in [9.17, 15) is 18.0 Å². The molecule has 28 heavy (non-hydrogen) atoms. The Bertz CT molecular complexity index is 1050. The first-order valence-electron chi connectivity index (χ1n) is 9.12. The first kappa shape index (κ1) is 18.8. The summed E-state index contributed by atoms with van der Waals surface area (Å²) in [6, 6.07) is 9.72. The van der Waals surface area contributed by atoms with E-state index in [-0.39, 0.29) is 21.7 Å².